The molecule has 0 bridgehead atoms. The Morgan fingerprint density at radius 3 is 2.44 bits per heavy atom. The normalized spacial score (nSPS) is 12.4. The smallest absolute Gasteiger partial charge is 0.342 e. The lowest BCUT2D eigenvalue weighted by atomic mass is 10.1. The second-order valence-corrected chi connectivity index (χ2v) is 8.36. The molecule has 3 N–H and O–H groups in total. The summed E-state index contributed by atoms with van der Waals surface area (Å²) in [6, 6.07) is 14.3. The van der Waals surface area contributed by atoms with Gasteiger partial charge in [-0.1, -0.05) is 36.4 Å². The minimum absolute atomic E-state index is 0.0118. The number of nitrogens with one attached hydrogen (secondary N) is 3. The molecule has 0 radical (unpaired) electrons. The van der Waals surface area contributed by atoms with Gasteiger partial charge in [0, 0.05) is 19.0 Å². The number of nitrogens with zero attached hydrogens (tertiary/aromatic N) is 2. The highest BCUT2D eigenvalue weighted by Crippen LogP contribution is 2.35. The molecule has 36 heavy (non-hydrogen) atoms. The molecule has 1 aromatic heterocycles. The fraction of sp³-hybridized carbons (Fsp3) is 0.269. The third-order valence-corrected chi connectivity index (χ3v) is 5.69. The average molecular weight is 490 g/mol. The Bertz CT molecular complexity index is 1290. The van der Waals surface area contributed by atoms with Crippen LogP contribution >= 0.6 is 0 Å². The molecule has 1 heterocycles. The largest absolute Gasteiger partial charge is 0.494 e. The zero-order valence-corrected chi connectivity index (χ0v) is 20.3. The van der Waals surface area contributed by atoms with Gasteiger partial charge in [-0.2, -0.15) is 0 Å². The molecule has 1 aliphatic carbocycles. The quantitative estimate of drug-likeness (QED) is 0.389. The number of methoxy groups -OCH3 is 1. The molecule has 1 aliphatic rings. The highest BCUT2D eigenvalue weighted by Gasteiger charge is 2.30. The Balaban J connectivity index is 1.64. The first-order valence-electron chi connectivity index (χ1n) is 11.5. The van der Waals surface area contributed by atoms with Crippen LogP contribution in [0.25, 0.3) is 0 Å². The van der Waals surface area contributed by atoms with E-state index in [9.17, 15) is 14.4 Å². The number of rotatable bonds is 9. The van der Waals surface area contributed by atoms with E-state index in [2.05, 4.69) is 26.1 Å². The van der Waals surface area contributed by atoms with Gasteiger partial charge < -0.3 is 25.4 Å². The van der Waals surface area contributed by atoms with Gasteiger partial charge in [0.1, 0.15) is 12.2 Å². The predicted octanol–water partition coefficient (Wildman–Crippen LogP) is 3.60. The SMILES string of the molecule is CNC(=O)c1nnc(NC(=O)C2CC2)cc1Nc1ccc(C)c(C(=O)OCc2ccccc2)c1OC. The summed E-state index contributed by atoms with van der Waals surface area (Å²) < 4.78 is 11.1. The average Bonchev–Trinajstić information content (AvgIpc) is 3.74. The van der Waals surface area contributed by atoms with Gasteiger partial charge in [0.05, 0.1) is 18.5 Å². The predicted molar refractivity (Wildman–Crippen MR) is 133 cm³/mol. The van der Waals surface area contributed by atoms with Crippen LogP contribution in [0.1, 0.15) is 44.8 Å². The zero-order chi connectivity index (χ0) is 25.7. The summed E-state index contributed by atoms with van der Waals surface area (Å²) in [7, 11) is 2.92. The lowest BCUT2D eigenvalue weighted by molar-refractivity contribution is -0.117. The fourth-order valence-corrected chi connectivity index (χ4v) is 3.59. The van der Waals surface area contributed by atoms with Gasteiger partial charge in [0.15, 0.2) is 17.3 Å². The molecule has 2 amide bonds. The molecule has 0 atom stereocenters. The van der Waals surface area contributed by atoms with E-state index in [-0.39, 0.29) is 46.9 Å². The number of ether oxygens (including phenoxy) is 2. The summed E-state index contributed by atoms with van der Waals surface area (Å²) >= 11 is 0. The van der Waals surface area contributed by atoms with Crippen molar-refractivity contribution in [3.8, 4) is 5.75 Å². The first-order chi connectivity index (χ1) is 17.4. The summed E-state index contributed by atoms with van der Waals surface area (Å²) in [6.07, 6.45) is 1.68. The van der Waals surface area contributed by atoms with Crippen LogP contribution < -0.4 is 20.7 Å². The Morgan fingerprint density at radius 2 is 1.78 bits per heavy atom. The molecule has 4 rings (SSSR count). The van der Waals surface area contributed by atoms with Crippen LogP contribution in [0.2, 0.25) is 0 Å². The van der Waals surface area contributed by atoms with Crippen molar-refractivity contribution in [2.24, 2.45) is 5.92 Å². The fourth-order valence-electron chi connectivity index (χ4n) is 3.59. The Morgan fingerprint density at radius 1 is 1.03 bits per heavy atom. The minimum Gasteiger partial charge on any atom is -0.494 e. The second kappa shape index (κ2) is 10.9. The first kappa shape index (κ1) is 24.6. The Hall–Kier alpha value is -4.47. The number of carbonyl (C=O) groups is 3. The van der Waals surface area contributed by atoms with Gasteiger partial charge in [-0.25, -0.2) is 4.79 Å². The van der Waals surface area contributed by atoms with Crippen LogP contribution in [0.5, 0.6) is 5.75 Å². The Kier molecular flexibility index (Phi) is 7.43. The number of benzene rings is 2. The zero-order valence-electron chi connectivity index (χ0n) is 20.3. The first-order valence-corrected chi connectivity index (χ1v) is 11.5. The number of aromatic nitrogens is 2. The van der Waals surface area contributed by atoms with Crippen LogP contribution in [-0.2, 0) is 16.1 Å². The van der Waals surface area contributed by atoms with Crippen LogP contribution in [0.15, 0.2) is 48.5 Å². The number of carbonyl (C=O) groups excluding carboxylic acids is 3. The molecule has 10 heteroatoms. The third kappa shape index (κ3) is 5.60. The molecular weight excluding hydrogens is 462 g/mol. The number of hydrogen-bond acceptors (Lipinski definition) is 8. The topological polar surface area (TPSA) is 132 Å². The summed E-state index contributed by atoms with van der Waals surface area (Å²) in [5, 5.41) is 16.3. The van der Waals surface area contributed by atoms with Crippen molar-refractivity contribution in [3.05, 3.63) is 70.9 Å². The molecule has 10 nitrogen and oxygen atoms in total. The van der Waals surface area contributed by atoms with Crippen molar-refractivity contribution in [1.29, 1.82) is 0 Å². The van der Waals surface area contributed by atoms with Crippen molar-refractivity contribution in [2.75, 3.05) is 24.8 Å². The van der Waals surface area contributed by atoms with Gasteiger partial charge in [-0.3, -0.25) is 9.59 Å². The van der Waals surface area contributed by atoms with Crippen LogP contribution in [0.3, 0.4) is 0 Å². The van der Waals surface area contributed by atoms with Crippen molar-refractivity contribution < 1.29 is 23.9 Å². The van der Waals surface area contributed by atoms with E-state index in [1.165, 1.54) is 20.2 Å². The molecule has 1 fully saturated rings. The van der Waals surface area contributed by atoms with E-state index in [0.717, 1.165) is 18.4 Å². The molecule has 0 aliphatic heterocycles. The van der Waals surface area contributed by atoms with Gasteiger partial charge in [-0.15, -0.1) is 10.2 Å². The summed E-state index contributed by atoms with van der Waals surface area (Å²) in [6.45, 7) is 1.89. The maximum absolute atomic E-state index is 13.0. The van der Waals surface area contributed by atoms with E-state index in [4.69, 9.17) is 9.47 Å². The third-order valence-electron chi connectivity index (χ3n) is 5.69. The monoisotopic (exact) mass is 489 g/mol. The number of anilines is 3. The van der Waals surface area contributed by atoms with Crippen molar-refractivity contribution in [3.63, 3.8) is 0 Å². The Labute approximate surface area is 208 Å². The van der Waals surface area contributed by atoms with E-state index in [1.807, 2.05) is 30.3 Å². The molecule has 3 aromatic rings. The molecule has 1 saturated carbocycles. The van der Waals surface area contributed by atoms with Crippen molar-refractivity contribution in [2.45, 2.75) is 26.4 Å². The molecular formula is C26H27N5O5. The van der Waals surface area contributed by atoms with Gasteiger partial charge >= 0.3 is 5.97 Å². The van der Waals surface area contributed by atoms with Gasteiger partial charge in [0.25, 0.3) is 5.91 Å². The van der Waals surface area contributed by atoms with E-state index in [1.54, 1.807) is 19.1 Å². The summed E-state index contributed by atoms with van der Waals surface area (Å²) in [4.78, 5) is 37.7. The van der Waals surface area contributed by atoms with Gasteiger partial charge in [-0.05, 0) is 37.0 Å². The second-order valence-electron chi connectivity index (χ2n) is 8.36. The molecule has 0 unspecified atom stereocenters. The maximum atomic E-state index is 13.0. The lowest BCUT2D eigenvalue weighted by Gasteiger charge is -2.18. The molecule has 0 saturated heterocycles. The highest BCUT2D eigenvalue weighted by molar-refractivity contribution is 6.01. The maximum Gasteiger partial charge on any atom is 0.342 e. The van der Waals surface area contributed by atoms with E-state index < -0.39 is 11.9 Å². The number of esters is 1. The van der Waals surface area contributed by atoms with E-state index in [0.29, 0.717) is 11.3 Å². The van der Waals surface area contributed by atoms with E-state index >= 15 is 0 Å². The highest BCUT2D eigenvalue weighted by atomic mass is 16.5. The number of hydrogen-bond donors (Lipinski definition) is 3. The summed E-state index contributed by atoms with van der Waals surface area (Å²) in [5.74, 6) is -0.734. The molecule has 2 aromatic carbocycles. The summed E-state index contributed by atoms with van der Waals surface area (Å²) in [5.41, 5.74) is 2.47. The standard InChI is InChI=1S/C26H27N5O5/c1-15-9-12-18(23(35-3)21(15)26(34)36-14-16-7-5-4-6-8-16)28-19-13-20(29-24(32)17-10-11-17)30-31-22(19)25(33)27-2/h4-9,12-13,17H,10-11,14H2,1-3H3,(H,27,33)(H2,28,29,30,32). The number of amides is 2. The van der Waals surface area contributed by atoms with Gasteiger partial charge in [0.2, 0.25) is 5.91 Å². The van der Waals surface area contributed by atoms with Crippen LogP contribution in [-0.4, -0.2) is 42.1 Å². The van der Waals surface area contributed by atoms with Crippen LogP contribution in [0.4, 0.5) is 17.2 Å². The minimum atomic E-state index is -0.548. The number of aryl methyl sites for hydroxylation is 1. The van der Waals surface area contributed by atoms with Crippen molar-refractivity contribution >= 4 is 35.0 Å². The lowest BCUT2D eigenvalue weighted by Crippen LogP contribution is -2.22. The van der Waals surface area contributed by atoms with Crippen LogP contribution in [0, 0.1) is 12.8 Å². The molecule has 186 valence electrons. The van der Waals surface area contributed by atoms with Crippen molar-refractivity contribution in [1.82, 2.24) is 15.5 Å². The molecule has 0 spiro atoms.